The van der Waals surface area contributed by atoms with Crippen LogP contribution in [0.4, 0.5) is 15.2 Å². The molecular formula is C19H15FN6OS3. The van der Waals surface area contributed by atoms with Gasteiger partial charge in [-0.3, -0.25) is 4.79 Å². The van der Waals surface area contributed by atoms with E-state index in [1.807, 2.05) is 30.3 Å². The third-order valence-electron chi connectivity index (χ3n) is 3.80. The Bertz CT molecular complexity index is 1130. The van der Waals surface area contributed by atoms with Crippen LogP contribution in [0.25, 0.3) is 0 Å². The summed E-state index contributed by atoms with van der Waals surface area (Å²) in [6, 6.07) is 16.0. The van der Waals surface area contributed by atoms with Crippen molar-refractivity contribution in [2.75, 3.05) is 5.32 Å². The van der Waals surface area contributed by atoms with Crippen LogP contribution in [-0.2, 0) is 12.3 Å². The molecule has 0 atom stereocenters. The van der Waals surface area contributed by atoms with Gasteiger partial charge in [-0.15, -0.1) is 20.4 Å². The molecule has 2 aromatic heterocycles. The summed E-state index contributed by atoms with van der Waals surface area (Å²) in [5.74, 6) is -0.0912. The second kappa shape index (κ2) is 9.74. The number of rotatable bonds is 8. The number of halogens is 1. The van der Waals surface area contributed by atoms with Crippen LogP contribution in [0.5, 0.6) is 0 Å². The number of thioether (sulfide) groups is 1. The molecule has 2 heterocycles. The van der Waals surface area contributed by atoms with Gasteiger partial charge in [0.25, 0.3) is 5.91 Å². The molecule has 152 valence electrons. The SMILES string of the molecule is O=C(NCc1ccccc1)c1nnc(CSc2nnc(Nc3ccccc3F)s2)s1. The van der Waals surface area contributed by atoms with Crippen LogP contribution in [-0.4, -0.2) is 26.3 Å². The molecule has 11 heteroatoms. The van der Waals surface area contributed by atoms with Crippen molar-refractivity contribution < 1.29 is 9.18 Å². The zero-order chi connectivity index (χ0) is 20.8. The molecule has 2 aromatic carbocycles. The fourth-order valence-electron chi connectivity index (χ4n) is 2.38. The van der Waals surface area contributed by atoms with Gasteiger partial charge in [0.1, 0.15) is 10.8 Å². The lowest BCUT2D eigenvalue weighted by Gasteiger charge is -2.02. The number of anilines is 2. The van der Waals surface area contributed by atoms with E-state index in [2.05, 4.69) is 31.0 Å². The van der Waals surface area contributed by atoms with Gasteiger partial charge in [-0.05, 0) is 17.7 Å². The number of para-hydroxylation sites is 1. The van der Waals surface area contributed by atoms with E-state index >= 15 is 0 Å². The summed E-state index contributed by atoms with van der Waals surface area (Å²) in [6.45, 7) is 0.436. The summed E-state index contributed by atoms with van der Waals surface area (Å²) in [6.07, 6.45) is 0. The summed E-state index contributed by atoms with van der Waals surface area (Å²) in [4.78, 5) is 12.2. The molecule has 0 aliphatic carbocycles. The lowest BCUT2D eigenvalue weighted by Crippen LogP contribution is -2.22. The minimum absolute atomic E-state index is 0.250. The second-order valence-corrected chi connectivity index (χ2v) is 9.20. The van der Waals surface area contributed by atoms with Gasteiger partial charge >= 0.3 is 0 Å². The number of aromatic nitrogens is 4. The molecule has 0 bridgehead atoms. The molecule has 1 amide bonds. The number of hydrogen-bond acceptors (Lipinski definition) is 9. The predicted octanol–water partition coefficient (Wildman–Crippen LogP) is 4.49. The standard InChI is InChI=1S/C19H15FN6OS3/c20-13-8-4-5-9-14(13)22-18-25-26-19(30-18)28-11-15-23-24-17(29-15)16(27)21-10-12-6-2-1-3-7-12/h1-9H,10-11H2,(H,21,27)(H,22,25). The summed E-state index contributed by atoms with van der Waals surface area (Å²) < 4.78 is 14.4. The number of amides is 1. The maximum atomic E-state index is 13.7. The second-order valence-electron chi connectivity index (χ2n) is 5.94. The molecule has 0 unspecified atom stereocenters. The van der Waals surface area contributed by atoms with Gasteiger partial charge in [-0.2, -0.15) is 0 Å². The van der Waals surface area contributed by atoms with Crippen molar-refractivity contribution in [1.29, 1.82) is 0 Å². The van der Waals surface area contributed by atoms with Crippen molar-refractivity contribution in [2.45, 2.75) is 16.6 Å². The van der Waals surface area contributed by atoms with E-state index < -0.39 is 0 Å². The van der Waals surface area contributed by atoms with Gasteiger partial charge in [0.15, 0.2) is 4.34 Å². The Morgan fingerprint density at radius 3 is 2.60 bits per heavy atom. The van der Waals surface area contributed by atoms with Crippen LogP contribution in [0.1, 0.15) is 20.4 Å². The van der Waals surface area contributed by atoms with Gasteiger partial charge < -0.3 is 10.6 Å². The Morgan fingerprint density at radius 1 is 0.967 bits per heavy atom. The normalized spacial score (nSPS) is 10.7. The van der Waals surface area contributed by atoms with Gasteiger partial charge in [0.05, 0.1) is 11.4 Å². The van der Waals surface area contributed by atoms with E-state index in [9.17, 15) is 9.18 Å². The molecule has 0 radical (unpaired) electrons. The fraction of sp³-hybridized carbons (Fsp3) is 0.105. The average molecular weight is 459 g/mol. The Labute approximate surface area is 183 Å². The number of carbonyl (C=O) groups excluding carboxylic acids is 1. The molecule has 0 aliphatic rings. The molecule has 7 nitrogen and oxygen atoms in total. The highest BCUT2D eigenvalue weighted by Gasteiger charge is 2.14. The molecule has 0 aliphatic heterocycles. The molecule has 4 aromatic rings. The van der Waals surface area contributed by atoms with Crippen LogP contribution >= 0.6 is 34.4 Å². The highest BCUT2D eigenvalue weighted by molar-refractivity contribution is 8.00. The van der Waals surface area contributed by atoms with Crippen molar-refractivity contribution in [3.63, 3.8) is 0 Å². The Kier molecular flexibility index (Phi) is 6.62. The Hall–Kier alpha value is -2.89. The van der Waals surface area contributed by atoms with E-state index in [1.165, 1.54) is 40.5 Å². The molecule has 0 fully saturated rings. The third kappa shape index (κ3) is 5.38. The smallest absolute Gasteiger partial charge is 0.282 e. The topological polar surface area (TPSA) is 92.7 Å². The largest absolute Gasteiger partial charge is 0.346 e. The molecule has 0 spiro atoms. The zero-order valence-corrected chi connectivity index (χ0v) is 17.9. The van der Waals surface area contributed by atoms with E-state index in [-0.39, 0.29) is 11.7 Å². The third-order valence-corrected chi connectivity index (χ3v) is 6.89. The lowest BCUT2D eigenvalue weighted by atomic mass is 10.2. The number of carbonyl (C=O) groups is 1. The Balaban J connectivity index is 1.29. The lowest BCUT2D eigenvalue weighted by molar-refractivity contribution is 0.0950. The molecule has 0 saturated heterocycles. The Morgan fingerprint density at radius 2 is 1.77 bits per heavy atom. The molecule has 2 N–H and O–H groups in total. The van der Waals surface area contributed by atoms with E-state index in [4.69, 9.17) is 0 Å². The number of hydrogen-bond donors (Lipinski definition) is 2. The maximum absolute atomic E-state index is 13.7. The summed E-state index contributed by atoms with van der Waals surface area (Å²) in [7, 11) is 0. The van der Waals surface area contributed by atoms with Gasteiger partial charge in [0.2, 0.25) is 10.1 Å². The zero-order valence-electron chi connectivity index (χ0n) is 15.4. The minimum atomic E-state index is -0.353. The molecule has 0 saturated carbocycles. The van der Waals surface area contributed by atoms with Crippen LogP contribution in [0, 0.1) is 5.82 Å². The van der Waals surface area contributed by atoms with Crippen LogP contribution in [0.3, 0.4) is 0 Å². The van der Waals surface area contributed by atoms with Gasteiger partial charge in [-0.1, -0.05) is 76.9 Å². The summed E-state index contributed by atoms with van der Waals surface area (Å²) >= 11 is 3.99. The first-order valence-electron chi connectivity index (χ1n) is 8.80. The van der Waals surface area contributed by atoms with Crippen LogP contribution < -0.4 is 10.6 Å². The minimum Gasteiger partial charge on any atom is -0.346 e. The molecule has 4 rings (SSSR count). The van der Waals surface area contributed by atoms with E-state index in [1.54, 1.807) is 18.2 Å². The van der Waals surface area contributed by atoms with Crippen LogP contribution in [0.15, 0.2) is 58.9 Å². The highest BCUT2D eigenvalue weighted by atomic mass is 32.2. The number of nitrogens with zero attached hydrogens (tertiary/aromatic N) is 4. The molecule has 30 heavy (non-hydrogen) atoms. The van der Waals surface area contributed by atoms with Crippen LogP contribution in [0.2, 0.25) is 0 Å². The quantitative estimate of drug-likeness (QED) is 0.376. The van der Waals surface area contributed by atoms with Crippen molar-refractivity contribution in [2.24, 2.45) is 0 Å². The van der Waals surface area contributed by atoms with Crippen molar-refractivity contribution in [1.82, 2.24) is 25.7 Å². The first kappa shape index (κ1) is 20.4. The van der Waals surface area contributed by atoms with Gasteiger partial charge in [-0.25, -0.2) is 4.39 Å². The highest BCUT2D eigenvalue weighted by Crippen LogP contribution is 2.31. The number of nitrogens with one attached hydrogen (secondary N) is 2. The van der Waals surface area contributed by atoms with Crippen molar-refractivity contribution in [3.05, 3.63) is 76.0 Å². The fourth-order valence-corrected chi connectivity index (χ4v) is 4.88. The van der Waals surface area contributed by atoms with E-state index in [0.29, 0.717) is 37.5 Å². The predicted molar refractivity (Wildman–Crippen MR) is 117 cm³/mol. The van der Waals surface area contributed by atoms with E-state index in [0.717, 1.165) is 5.56 Å². The first-order valence-corrected chi connectivity index (χ1v) is 11.4. The summed E-state index contributed by atoms with van der Waals surface area (Å²) in [5.41, 5.74) is 1.36. The number of benzene rings is 2. The maximum Gasteiger partial charge on any atom is 0.282 e. The van der Waals surface area contributed by atoms with Crippen molar-refractivity contribution in [3.8, 4) is 0 Å². The van der Waals surface area contributed by atoms with Crippen molar-refractivity contribution >= 4 is 51.2 Å². The van der Waals surface area contributed by atoms with Gasteiger partial charge in [0, 0.05) is 6.54 Å². The first-order chi connectivity index (χ1) is 14.7. The monoisotopic (exact) mass is 458 g/mol. The molecular weight excluding hydrogens is 443 g/mol. The summed E-state index contributed by atoms with van der Waals surface area (Å²) in [5, 5.41) is 23.4. The average Bonchev–Trinajstić information content (AvgIpc) is 3.42.